The Labute approximate surface area is 75.3 Å². The maximum Gasteiger partial charge on any atom is 0.451 e. The van der Waals surface area contributed by atoms with Crippen LogP contribution in [0.25, 0.3) is 0 Å². The molecule has 1 aromatic heterocycles. The van der Waals surface area contributed by atoms with Gasteiger partial charge in [0.15, 0.2) is 5.15 Å². The van der Waals surface area contributed by atoms with E-state index in [1.807, 2.05) is 0 Å². The smallest absolute Gasteiger partial charge is 0.231 e. The Morgan fingerprint density at radius 3 is 2.25 bits per heavy atom. The van der Waals surface area contributed by atoms with Crippen LogP contribution in [0.2, 0.25) is 10.2 Å². The second-order valence-corrected chi connectivity index (χ2v) is 2.60. The summed E-state index contributed by atoms with van der Waals surface area (Å²) in [5.41, 5.74) is 0. The summed E-state index contributed by atoms with van der Waals surface area (Å²) in [6, 6.07) is 0. The standard InChI is InChI=1S/C5HCl2F3N2/c6-2-1-11-4(5(8,9)10)12-3(2)7/h1H. The third-order valence-corrected chi connectivity index (χ3v) is 1.62. The van der Waals surface area contributed by atoms with Crippen molar-refractivity contribution in [3.05, 3.63) is 22.2 Å². The average Bonchev–Trinajstić information content (AvgIpc) is 1.92. The van der Waals surface area contributed by atoms with Crippen LogP contribution in [0, 0.1) is 0 Å². The third-order valence-electron chi connectivity index (χ3n) is 0.955. The van der Waals surface area contributed by atoms with Crippen LogP contribution in [-0.4, -0.2) is 9.97 Å². The molecule has 0 N–H and O–H groups in total. The molecule has 66 valence electrons. The number of nitrogens with zero attached hydrogens (tertiary/aromatic N) is 2. The van der Waals surface area contributed by atoms with Gasteiger partial charge in [-0.2, -0.15) is 13.2 Å². The minimum atomic E-state index is -4.59. The highest BCUT2D eigenvalue weighted by molar-refractivity contribution is 6.41. The van der Waals surface area contributed by atoms with E-state index in [9.17, 15) is 13.2 Å². The quantitative estimate of drug-likeness (QED) is 0.624. The summed E-state index contributed by atoms with van der Waals surface area (Å²) in [5, 5.41) is -0.511. The van der Waals surface area contributed by atoms with Crippen LogP contribution in [0.4, 0.5) is 13.2 Å². The maximum absolute atomic E-state index is 11.9. The molecule has 12 heavy (non-hydrogen) atoms. The van der Waals surface area contributed by atoms with Gasteiger partial charge in [0.2, 0.25) is 5.82 Å². The molecule has 1 heterocycles. The molecule has 0 aliphatic heterocycles. The summed E-state index contributed by atoms with van der Waals surface area (Å²) in [6.07, 6.45) is -3.78. The first-order valence-corrected chi connectivity index (χ1v) is 3.42. The Morgan fingerprint density at radius 2 is 1.83 bits per heavy atom. The minimum Gasteiger partial charge on any atom is -0.231 e. The van der Waals surface area contributed by atoms with E-state index in [1.165, 1.54) is 0 Å². The molecule has 0 amide bonds. The molecule has 0 aliphatic carbocycles. The second-order valence-electron chi connectivity index (χ2n) is 1.83. The lowest BCUT2D eigenvalue weighted by molar-refractivity contribution is -0.144. The van der Waals surface area contributed by atoms with Crippen molar-refractivity contribution in [2.24, 2.45) is 0 Å². The molecule has 2 nitrogen and oxygen atoms in total. The van der Waals surface area contributed by atoms with Crippen molar-refractivity contribution in [3.8, 4) is 0 Å². The molecule has 0 saturated heterocycles. The lowest BCUT2D eigenvalue weighted by atomic mass is 10.5. The lowest BCUT2D eigenvalue weighted by Crippen LogP contribution is -2.10. The second kappa shape index (κ2) is 3.06. The highest BCUT2D eigenvalue weighted by Gasteiger charge is 2.34. The van der Waals surface area contributed by atoms with Crippen LogP contribution in [0.5, 0.6) is 0 Å². The molecular formula is C5HCl2F3N2. The van der Waals surface area contributed by atoms with E-state index in [0.717, 1.165) is 6.20 Å². The molecule has 0 unspecified atom stereocenters. The fourth-order valence-electron chi connectivity index (χ4n) is 0.483. The maximum atomic E-state index is 11.9. The Kier molecular flexibility index (Phi) is 2.44. The zero-order chi connectivity index (χ0) is 9.35. The highest BCUT2D eigenvalue weighted by Crippen LogP contribution is 2.28. The molecule has 0 atom stereocenters. The van der Waals surface area contributed by atoms with Crippen molar-refractivity contribution in [1.82, 2.24) is 9.97 Å². The molecule has 0 aliphatic rings. The highest BCUT2D eigenvalue weighted by atomic mass is 35.5. The summed E-state index contributed by atoms with van der Waals surface area (Å²) in [6.45, 7) is 0. The van der Waals surface area contributed by atoms with Gasteiger partial charge in [-0.15, -0.1) is 0 Å². The zero-order valence-electron chi connectivity index (χ0n) is 5.36. The first-order chi connectivity index (χ1) is 5.41. The molecule has 7 heteroatoms. The van der Waals surface area contributed by atoms with Gasteiger partial charge in [0.25, 0.3) is 0 Å². The summed E-state index contributed by atoms with van der Waals surface area (Å²) in [4.78, 5) is 5.90. The first kappa shape index (κ1) is 9.54. The van der Waals surface area contributed by atoms with E-state index in [1.54, 1.807) is 0 Å². The molecule has 0 aromatic carbocycles. The molecule has 0 radical (unpaired) electrons. The van der Waals surface area contributed by atoms with Crippen molar-refractivity contribution in [2.45, 2.75) is 6.18 Å². The number of rotatable bonds is 0. The Bertz CT molecular complexity index is 299. The number of alkyl halides is 3. The van der Waals surface area contributed by atoms with Gasteiger partial charge in [0.1, 0.15) is 0 Å². The summed E-state index contributed by atoms with van der Waals surface area (Å²) >= 11 is 10.5. The average molecular weight is 217 g/mol. The number of hydrogen-bond donors (Lipinski definition) is 0. The van der Waals surface area contributed by atoms with Crippen LogP contribution < -0.4 is 0 Å². The predicted molar refractivity (Wildman–Crippen MR) is 37.1 cm³/mol. The lowest BCUT2D eigenvalue weighted by Gasteiger charge is -2.03. The van der Waals surface area contributed by atoms with E-state index in [4.69, 9.17) is 23.2 Å². The number of aromatic nitrogens is 2. The van der Waals surface area contributed by atoms with Gasteiger partial charge in [0.05, 0.1) is 11.2 Å². The van der Waals surface area contributed by atoms with Gasteiger partial charge in [0, 0.05) is 0 Å². The van der Waals surface area contributed by atoms with Gasteiger partial charge < -0.3 is 0 Å². The predicted octanol–water partition coefficient (Wildman–Crippen LogP) is 2.80. The molecule has 0 fully saturated rings. The van der Waals surface area contributed by atoms with Crippen LogP contribution in [0.3, 0.4) is 0 Å². The van der Waals surface area contributed by atoms with Crippen LogP contribution in [0.1, 0.15) is 5.82 Å². The summed E-state index contributed by atoms with van der Waals surface area (Å²) in [7, 11) is 0. The normalized spacial score (nSPS) is 11.8. The van der Waals surface area contributed by atoms with Crippen molar-refractivity contribution in [1.29, 1.82) is 0 Å². The van der Waals surface area contributed by atoms with Crippen molar-refractivity contribution in [2.75, 3.05) is 0 Å². The van der Waals surface area contributed by atoms with E-state index < -0.39 is 17.2 Å². The van der Waals surface area contributed by atoms with E-state index in [0.29, 0.717) is 0 Å². The van der Waals surface area contributed by atoms with Crippen molar-refractivity contribution in [3.63, 3.8) is 0 Å². The van der Waals surface area contributed by atoms with Gasteiger partial charge in [-0.3, -0.25) is 0 Å². The summed E-state index contributed by atoms with van der Waals surface area (Å²) in [5.74, 6) is -1.29. The minimum absolute atomic E-state index is 0.107. The molecule has 0 saturated carbocycles. The molecule has 1 aromatic rings. The van der Waals surface area contributed by atoms with Crippen molar-refractivity contribution >= 4 is 23.2 Å². The molecule has 1 rings (SSSR count). The van der Waals surface area contributed by atoms with Crippen molar-refractivity contribution < 1.29 is 13.2 Å². The fraction of sp³-hybridized carbons (Fsp3) is 0.200. The monoisotopic (exact) mass is 216 g/mol. The van der Waals surface area contributed by atoms with Gasteiger partial charge in [-0.05, 0) is 0 Å². The Balaban J connectivity index is 3.14. The zero-order valence-corrected chi connectivity index (χ0v) is 6.87. The van der Waals surface area contributed by atoms with Crippen LogP contribution >= 0.6 is 23.2 Å². The first-order valence-electron chi connectivity index (χ1n) is 2.66. The third kappa shape index (κ3) is 1.98. The van der Waals surface area contributed by atoms with E-state index in [-0.39, 0.29) is 5.02 Å². The van der Waals surface area contributed by atoms with E-state index >= 15 is 0 Å². The van der Waals surface area contributed by atoms with Crippen LogP contribution in [0.15, 0.2) is 6.20 Å². The van der Waals surface area contributed by atoms with Crippen LogP contribution in [-0.2, 0) is 6.18 Å². The Morgan fingerprint density at radius 1 is 1.25 bits per heavy atom. The van der Waals surface area contributed by atoms with E-state index in [2.05, 4.69) is 9.97 Å². The molecule has 0 bridgehead atoms. The van der Waals surface area contributed by atoms with Gasteiger partial charge >= 0.3 is 6.18 Å². The SMILES string of the molecule is FC(F)(F)c1ncc(Cl)c(Cl)n1. The fourth-order valence-corrected chi connectivity index (χ4v) is 0.703. The molecular weight excluding hydrogens is 216 g/mol. The topological polar surface area (TPSA) is 25.8 Å². The number of halogens is 5. The Hall–Kier alpha value is -0.550. The van der Waals surface area contributed by atoms with Gasteiger partial charge in [-0.25, -0.2) is 9.97 Å². The number of hydrogen-bond acceptors (Lipinski definition) is 2. The van der Waals surface area contributed by atoms with Gasteiger partial charge in [-0.1, -0.05) is 23.2 Å². The molecule has 0 spiro atoms. The summed E-state index contributed by atoms with van der Waals surface area (Å²) < 4.78 is 35.6. The largest absolute Gasteiger partial charge is 0.451 e.